The molecular formula is C14H19NO3S2. The highest BCUT2D eigenvalue weighted by Crippen LogP contribution is 2.12. The Balaban J connectivity index is 2.91. The van der Waals surface area contributed by atoms with Gasteiger partial charge in [0.2, 0.25) is 10.0 Å². The maximum Gasteiger partial charge on any atom is 0.240 e. The van der Waals surface area contributed by atoms with Gasteiger partial charge in [0.15, 0.2) is 0 Å². The van der Waals surface area contributed by atoms with E-state index in [4.69, 9.17) is 5.11 Å². The van der Waals surface area contributed by atoms with Gasteiger partial charge in [-0.2, -0.15) is 11.8 Å². The summed E-state index contributed by atoms with van der Waals surface area (Å²) in [4.78, 5) is 0.209. The summed E-state index contributed by atoms with van der Waals surface area (Å²) in [5.41, 5.74) is 0.624. The van der Waals surface area contributed by atoms with Crippen LogP contribution >= 0.6 is 11.8 Å². The molecule has 0 spiro atoms. The van der Waals surface area contributed by atoms with Crippen molar-refractivity contribution in [2.24, 2.45) is 0 Å². The Kier molecular flexibility index (Phi) is 7.10. The summed E-state index contributed by atoms with van der Waals surface area (Å²) >= 11 is 1.59. The fraction of sp³-hybridized carbons (Fsp3) is 0.429. The lowest BCUT2D eigenvalue weighted by Crippen LogP contribution is -2.34. The first-order chi connectivity index (χ1) is 9.49. The van der Waals surface area contributed by atoms with Gasteiger partial charge in [-0.1, -0.05) is 17.9 Å². The topological polar surface area (TPSA) is 66.4 Å². The predicted octanol–water partition coefficient (Wildman–Crippen LogP) is 1.45. The number of hydrogen-bond acceptors (Lipinski definition) is 4. The monoisotopic (exact) mass is 313 g/mol. The van der Waals surface area contributed by atoms with Gasteiger partial charge in [0.05, 0.1) is 11.5 Å². The molecule has 20 heavy (non-hydrogen) atoms. The number of rotatable bonds is 6. The molecule has 0 heterocycles. The largest absolute Gasteiger partial charge is 0.395 e. The number of sulfonamides is 1. The lowest BCUT2D eigenvalue weighted by molar-refractivity contribution is 0.305. The minimum atomic E-state index is -3.52. The van der Waals surface area contributed by atoms with E-state index in [1.54, 1.807) is 36.0 Å². The summed E-state index contributed by atoms with van der Waals surface area (Å²) in [5.74, 6) is 6.32. The van der Waals surface area contributed by atoms with E-state index in [2.05, 4.69) is 16.6 Å². The lowest BCUT2D eigenvalue weighted by Gasteiger charge is -2.13. The highest BCUT2D eigenvalue weighted by Gasteiger charge is 2.17. The molecule has 1 atom stereocenters. The van der Waals surface area contributed by atoms with Crippen LogP contribution in [0.15, 0.2) is 29.2 Å². The van der Waals surface area contributed by atoms with Crippen molar-refractivity contribution in [1.82, 2.24) is 4.72 Å². The molecule has 0 aromatic heterocycles. The Morgan fingerprint density at radius 2 is 2.20 bits per heavy atom. The van der Waals surface area contributed by atoms with Crippen LogP contribution in [0.4, 0.5) is 0 Å². The second-order valence-electron chi connectivity index (χ2n) is 4.28. The number of aliphatic hydroxyl groups is 1. The van der Waals surface area contributed by atoms with Crippen LogP contribution in [0.2, 0.25) is 0 Å². The van der Waals surface area contributed by atoms with E-state index in [1.807, 2.05) is 13.2 Å². The molecule has 0 amide bonds. The van der Waals surface area contributed by atoms with Gasteiger partial charge in [-0.05, 0) is 31.4 Å². The maximum atomic E-state index is 12.2. The molecular weight excluding hydrogens is 294 g/mol. The van der Waals surface area contributed by atoms with Crippen LogP contribution in [0.5, 0.6) is 0 Å². The molecule has 0 aliphatic heterocycles. The zero-order valence-electron chi connectivity index (χ0n) is 11.6. The van der Waals surface area contributed by atoms with E-state index < -0.39 is 10.0 Å². The third-order valence-corrected chi connectivity index (χ3v) is 4.81. The average Bonchev–Trinajstić information content (AvgIpc) is 2.39. The summed E-state index contributed by atoms with van der Waals surface area (Å²) in [6.07, 6.45) is 2.31. The highest BCUT2D eigenvalue weighted by molar-refractivity contribution is 7.98. The SMILES string of the molecule is CSCC(C)NS(=O)(=O)c1cccc(C#CCCO)c1. The number of nitrogens with one attached hydrogen (secondary N) is 1. The van der Waals surface area contributed by atoms with E-state index in [0.29, 0.717) is 12.0 Å². The van der Waals surface area contributed by atoms with Crippen LogP contribution in [-0.4, -0.2) is 38.2 Å². The molecule has 1 rings (SSSR count). The fourth-order valence-corrected chi connectivity index (χ4v) is 3.56. The van der Waals surface area contributed by atoms with Crippen molar-refractivity contribution in [2.45, 2.75) is 24.3 Å². The highest BCUT2D eigenvalue weighted by atomic mass is 32.2. The summed E-state index contributed by atoms with van der Waals surface area (Å²) < 4.78 is 27.0. The van der Waals surface area contributed by atoms with Crippen LogP contribution < -0.4 is 4.72 Å². The quantitative estimate of drug-likeness (QED) is 0.780. The van der Waals surface area contributed by atoms with Crippen molar-refractivity contribution >= 4 is 21.8 Å². The van der Waals surface area contributed by atoms with Crippen LogP contribution in [0, 0.1) is 11.8 Å². The van der Waals surface area contributed by atoms with Crippen molar-refractivity contribution in [3.05, 3.63) is 29.8 Å². The van der Waals surface area contributed by atoms with E-state index in [1.165, 1.54) is 0 Å². The van der Waals surface area contributed by atoms with Crippen molar-refractivity contribution in [2.75, 3.05) is 18.6 Å². The normalized spacial score (nSPS) is 12.6. The second-order valence-corrected chi connectivity index (χ2v) is 6.91. The van der Waals surface area contributed by atoms with E-state index in [-0.39, 0.29) is 17.5 Å². The maximum absolute atomic E-state index is 12.2. The molecule has 6 heteroatoms. The first-order valence-electron chi connectivity index (χ1n) is 6.20. The molecule has 1 unspecified atom stereocenters. The Hall–Kier alpha value is -1.00. The van der Waals surface area contributed by atoms with Gasteiger partial charge in [0, 0.05) is 23.8 Å². The smallest absolute Gasteiger partial charge is 0.240 e. The molecule has 0 aliphatic carbocycles. The molecule has 4 nitrogen and oxygen atoms in total. The first-order valence-corrected chi connectivity index (χ1v) is 9.08. The number of hydrogen-bond donors (Lipinski definition) is 2. The molecule has 0 saturated carbocycles. The minimum absolute atomic E-state index is 0.00125. The van der Waals surface area contributed by atoms with Crippen molar-refractivity contribution in [1.29, 1.82) is 0 Å². The lowest BCUT2D eigenvalue weighted by atomic mass is 10.2. The first kappa shape index (κ1) is 17.1. The fourth-order valence-electron chi connectivity index (χ4n) is 1.58. The van der Waals surface area contributed by atoms with E-state index in [9.17, 15) is 8.42 Å². The van der Waals surface area contributed by atoms with Gasteiger partial charge in [-0.3, -0.25) is 0 Å². The molecule has 0 aliphatic rings. The Bertz CT molecular complexity index is 588. The summed E-state index contributed by atoms with van der Waals surface area (Å²) in [5, 5.41) is 8.67. The second kappa shape index (κ2) is 8.32. The Morgan fingerprint density at radius 1 is 1.45 bits per heavy atom. The van der Waals surface area contributed by atoms with Gasteiger partial charge in [-0.15, -0.1) is 0 Å². The van der Waals surface area contributed by atoms with Gasteiger partial charge >= 0.3 is 0 Å². The summed E-state index contributed by atoms with van der Waals surface area (Å²) in [6.45, 7) is 1.83. The Labute approximate surface area is 125 Å². The third-order valence-electron chi connectivity index (χ3n) is 2.39. The molecule has 2 N–H and O–H groups in total. The molecule has 1 aromatic rings. The standard InChI is InChI=1S/C14H19NO3S2/c1-12(11-19-2)15-20(17,18)14-8-5-7-13(10-14)6-3-4-9-16/h5,7-8,10,12,15-16H,4,9,11H2,1-2H3. The van der Waals surface area contributed by atoms with E-state index in [0.717, 1.165) is 5.75 Å². The molecule has 0 fully saturated rings. The van der Waals surface area contributed by atoms with Gasteiger partial charge in [-0.25, -0.2) is 13.1 Å². The van der Waals surface area contributed by atoms with Crippen molar-refractivity contribution in [3.63, 3.8) is 0 Å². The average molecular weight is 313 g/mol. The molecule has 0 saturated heterocycles. The third kappa shape index (κ3) is 5.55. The van der Waals surface area contributed by atoms with Crippen LogP contribution in [0.1, 0.15) is 18.9 Å². The van der Waals surface area contributed by atoms with Gasteiger partial charge < -0.3 is 5.11 Å². The molecule has 1 aromatic carbocycles. The zero-order valence-corrected chi connectivity index (χ0v) is 13.2. The van der Waals surface area contributed by atoms with Crippen LogP contribution in [0.25, 0.3) is 0 Å². The summed E-state index contributed by atoms with van der Waals surface area (Å²) in [6, 6.07) is 6.37. The van der Waals surface area contributed by atoms with Crippen LogP contribution in [-0.2, 0) is 10.0 Å². The summed E-state index contributed by atoms with van der Waals surface area (Å²) in [7, 11) is -3.52. The molecule has 0 radical (unpaired) electrons. The van der Waals surface area contributed by atoms with Crippen molar-refractivity contribution < 1.29 is 13.5 Å². The molecule has 0 bridgehead atoms. The number of benzene rings is 1. The molecule has 110 valence electrons. The van der Waals surface area contributed by atoms with Crippen LogP contribution in [0.3, 0.4) is 0 Å². The minimum Gasteiger partial charge on any atom is -0.395 e. The van der Waals surface area contributed by atoms with Gasteiger partial charge in [0.1, 0.15) is 0 Å². The number of aliphatic hydroxyl groups excluding tert-OH is 1. The van der Waals surface area contributed by atoms with E-state index >= 15 is 0 Å². The predicted molar refractivity (Wildman–Crippen MR) is 83.2 cm³/mol. The Morgan fingerprint density at radius 3 is 2.85 bits per heavy atom. The zero-order chi connectivity index (χ0) is 15.0. The van der Waals surface area contributed by atoms with Gasteiger partial charge in [0.25, 0.3) is 0 Å². The number of thioether (sulfide) groups is 1. The van der Waals surface area contributed by atoms with Crippen molar-refractivity contribution in [3.8, 4) is 11.8 Å².